The quantitative estimate of drug-likeness (QED) is 0.134. The molecule has 0 saturated carbocycles. The third-order valence-electron chi connectivity index (χ3n) is 4.36. The molecule has 1 atom stereocenters. The maximum atomic E-state index is 15.1. The van der Waals surface area contributed by atoms with Gasteiger partial charge in [0.2, 0.25) is 23.7 Å². The van der Waals surface area contributed by atoms with Gasteiger partial charge in [-0.15, -0.1) is 0 Å². The van der Waals surface area contributed by atoms with Crippen LogP contribution in [0, 0.1) is 22.5 Å². The molecule has 14 heteroatoms. The minimum Gasteiger partial charge on any atom is -0.504 e. The van der Waals surface area contributed by atoms with E-state index < -0.39 is 65.9 Å². The average molecular weight is 508 g/mol. The normalized spacial score (nSPS) is 11.4. The summed E-state index contributed by atoms with van der Waals surface area (Å²) in [6.07, 6.45) is -3.23. The van der Waals surface area contributed by atoms with Crippen LogP contribution in [0.3, 0.4) is 0 Å². The summed E-state index contributed by atoms with van der Waals surface area (Å²) in [4.78, 5) is 3.63. The van der Waals surface area contributed by atoms with Crippen LogP contribution in [-0.4, -0.2) is 34.9 Å². The van der Waals surface area contributed by atoms with Crippen molar-refractivity contribution in [2.24, 2.45) is 11.5 Å². The predicted molar refractivity (Wildman–Crippen MR) is 122 cm³/mol. The molecule has 10 nitrogen and oxygen atoms in total. The van der Waals surface area contributed by atoms with Gasteiger partial charge in [-0.1, -0.05) is 6.07 Å². The predicted octanol–water partition coefficient (Wildman–Crippen LogP) is 4.27. The van der Waals surface area contributed by atoms with E-state index in [0.29, 0.717) is 0 Å². The van der Waals surface area contributed by atoms with E-state index in [4.69, 9.17) is 31.8 Å². The summed E-state index contributed by atoms with van der Waals surface area (Å²) in [7, 11) is 0. The molecule has 1 unspecified atom stereocenters. The topological polar surface area (TPSA) is 173 Å². The molecule has 0 aliphatic carbocycles. The second-order valence-corrected chi connectivity index (χ2v) is 7.05. The fourth-order valence-electron chi connectivity index (χ4n) is 2.76. The van der Waals surface area contributed by atoms with Crippen LogP contribution in [0.5, 0.6) is 34.8 Å². The number of guanidine groups is 1. The SMILES string of the molecule is N=C(N)Nc1cccc(Oc2nc(Oc3cc(C(=N)N)ccc3O)c(F)c(OC(F)CCF)c2F)c1. The van der Waals surface area contributed by atoms with E-state index in [2.05, 4.69) is 15.0 Å². The van der Waals surface area contributed by atoms with Crippen LogP contribution in [0.2, 0.25) is 0 Å². The Balaban J connectivity index is 2.07. The largest absolute Gasteiger partial charge is 0.504 e. The Bertz CT molecular complexity index is 1290. The third-order valence-corrected chi connectivity index (χ3v) is 4.36. The monoisotopic (exact) mass is 508 g/mol. The summed E-state index contributed by atoms with van der Waals surface area (Å²) in [5.74, 6) is -8.18. The van der Waals surface area contributed by atoms with Crippen LogP contribution in [0.25, 0.3) is 0 Å². The van der Waals surface area contributed by atoms with Gasteiger partial charge in [0.1, 0.15) is 11.6 Å². The molecule has 36 heavy (non-hydrogen) atoms. The highest BCUT2D eigenvalue weighted by atomic mass is 19.2. The molecule has 8 N–H and O–H groups in total. The van der Waals surface area contributed by atoms with Crippen molar-refractivity contribution in [3.05, 3.63) is 59.7 Å². The Morgan fingerprint density at radius 2 is 1.75 bits per heavy atom. The molecule has 0 aliphatic rings. The van der Waals surface area contributed by atoms with Gasteiger partial charge >= 0.3 is 0 Å². The standard InChI is InChI=1S/C22H20F4N6O4/c23-7-6-15(24)36-18-16(25)20(34-12-3-1-2-11(9-12)31-22(29)30)32-21(17(18)26)35-14-8-10(19(27)28)4-5-13(14)33/h1-5,8-9,15,33H,6-7H2,(H3,27,28)(H4,29,30,31). The van der Waals surface area contributed by atoms with Gasteiger partial charge in [-0.25, -0.2) is 4.39 Å². The first-order chi connectivity index (χ1) is 17.1. The molecular weight excluding hydrogens is 488 g/mol. The Labute approximate surface area is 201 Å². The van der Waals surface area contributed by atoms with E-state index in [9.17, 15) is 13.9 Å². The Morgan fingerprint density at radius 3 is 2.39 bits per heavy atom. The number of phenols is 1. The lowest BCUT2D eigenvalue weighted by atomic mass is 10.2. The highest BCUT2D eigenvalue weighted by molar-refractivity contribution is 5.95. The van der Waals surface area contributed by atoms with Gasteiger partial charge in [-0.2, -0.15) is 13.8 Å². The molecule has 1 heterocycles. The second kappa shape index (κ2) is 11.1. The molecular formula is C22H20F4N6O4. The van der Waals surface area contributed by atoms with E-state index in [1.807, 2.05) is 0 Å². The lowest BCUT2D eigenvalue weighted by Crippen LogP contribution is -2.20. The van der Waals surface area contributed by atoms with Gasteiger partial charge in [0.25, 0.3) is 11.8 Å². The van der Waals surface area contributed by atoms with Crippen molar-refractivity contribution in [2.75, 3.05) is 12.0 Å². The van der Waals surface area contributed by atoms with Crippen LogP contribution in [0.15, 0.2) is 42.5 Å². The minimum atomic E-state index is -2.42. The van der Waals surface area contributed by atoms with Crippen LogP contribution in [0.4, 0.5) is 23.2 Å². The van der Waals surface area contributed by atoms with Crippen molar-refractivity contribution in [3.8, 4) is 34.8 Å². The first-order valence-electron chi connectivity index (χ1n) is 10.1. The highest BCUT2D eigenvalue weighted by Gasteiger charge is 2.28. The van der Waals surface area contributed by atoms with Crippen LogP contribution >= 0.6 is 0 Å². The number of nitrogens with one attached hydrogen (secondary N) is 3. The number of rotatable bonds is 10. The number of halogens is 4. The van der Waals surface area contributed by atoms with Gasteiger partial charge in [-0.3, -0.25) is 15.2 Å². The molecule has 0 bridgehead atoms. The fraction of sp³-hybridized carbons (Fsp3) is 0.136. The minimum absolute atomic E-state index is 0.0573. The first kappa shape index (κ1) is 25.9. The summed E-state index contributed by atoms with van der Waals surface area (Å²) in [5, 5.41) is 27.3. The molecule has 3 rings (SSSR count). The van der Waals surface area contributed by atoms with Gasteiger partial charge in [0, 0.05) is 23.7 Å². The number of ether oxygens (including phenoxy) is 3. The summed E-state index contributed by atoms with van der Waals surface area (Å²) in [5.41, 5.74) is 11.1. The number of nitrogens with zero attached hydrogens (tertiary/aromatic N) is 1. The third kappa shape index (κ3) is 6.22. The number of nitrogens with two attached hydrogens (primary N) is 2. The molecule has 2 aromatic carbocycles. The smallest absolute Gasteiger partial charge is 0.263 e. The first-order valence-corrected chi connectivity index (χ1v) is 10.1. The Hall–Kier alpha value is -4.75. The number of pyridine rings is 1. The maximum absolute atomic E-state index is 15.1. The number of phenolic OH excluding ortho intramolecular Hbond substituents is 1. The number of anilines is 1. The van der Waals surface area contributed by atoms with Gasteiger partial charge in [-0.05, 0) is 30.3 Å². The number of hydrogen-bond acceptors (Lipinski definition) is 7. The fourth-order valence-corrected chi connectivity index (χ4v) is 2.76. The lowest BCUT2D eigenvalue weighted by Gasteiger charge is -2.17. The van der Waals surface area contributed by atoms with Crippen molar-refractivity contribution < 1.29 is 36.9 Å². The summed E-state index contributed by atoms with van der Waals surface area (Å²) >= 11 is 0. The Morgan fingerprint density at radius 1 is 1.06 bits per heavy atom. The van der Waals surface area contributed by atoms with Crippen molar-refractivity contribution in [1.29, 1.82) is 10.8 Å². The molecule has 0 fully saturated rings. The van der Waals surface area contributed by atoms with E-state index in [1.54, 1.807) is 0 Å². The van der Waals surface area contributed by atoms with E-state index >= 15 is 8.78 Å². The van der Waals surface area contributed by atoms with Crippen molar-refractivity contribution in [3.63, 3.8) is 0 Å². The van der Waals surface area contributed by atoms with Crippen LogP contribution in [0.1, 0.15) is 12.0 Å². The average Bonchev–Trinajstić information content (AvgIpc) is 2.81. The maximum Gasteiger partial charge on any atom is 0.263 e. The van der Waals surface area contributed by atoms with E-state index in [0.717, 1.165) is 12.1 Å². The van der Waals surface area contributed by atoms with Crippen LogP contribution < -0.4 is 31.0 Å². The zero-order valence-corrected chi connectivity index (χ0v) is 18.3. The summed E-state index contributed by atoms with van der Waals surface area (Å²) < 4.78 is 71.8. The van der Waals surface area contributed by atoms with E-state index in [-0.39, 0.29) is 23.0 Å². The number of alkyl halides is 2. The number of benzene rings is 2. The van der Waals surface area contributed by atoms with Gasteiger partial charge in [0.05, 0.1) is 6.67 Å². The van der Waals surface area contributed by atoms with E-state index in [1.165, 1.54) is 30.3 Å². The molecule has 0 saturated heterocycles. The number of aromatic nitrogens is 1. The zero-order chi connectivity index (χ0) is 26.4. The Kier molecular flexibility index (Phi) is 7.99. The summed E-state index contributed by atoms with van der Waals surface area (Å²) in [6.45, 7) is -1.16. The molecule has 0 aliphatic heterocycles. The van der Waals surface area contributed by atoms with Crippen LogP contribution in [-0.2, 0) is 0 Å². The molecule has 3 aromatic rings. The molecule has 1 aromatic heterocycles. The second-order valence-electron chi connectivity index (χ2n) is 7.05. The zero-order valence-electron chi connectivity index (χ0n) is 18.3. The lowest BCUT2D eigenvalue weighted by molar-refractivity contribution is 0.0442. The summed E-state index contributed by atoms with van der Waals surface area (Å²) in [6, 6.07) is 9.11. The number of aromatic hydroxyl groups is 1. The molecule has 0 radical (unpaired) electrons. The molecule has 0 spiro atoms. The number of nitrogen functional groups attached to an aromatic ring is 1. The molecule has 190 valence electrons. The van der Waals surface area contributed by atoms with Gasteiger partial charge in [0.15, 0.2) is 17.5 Å². The highest BCUT2D eigenvalue weighted by Crippen LogP contribution is 2.40. The van der Waals surface area contributed by atoms with Crippen molar-refractivity contribution >= 4 is 17.5 Å². The number of amidine groups is 1. The van der Waals surface area contributed by atoms with Crippen molar-refractivity contribution in [1.82, 2.24) is 4.98 Å². The molecule has 0 amide bonds. The van der Waals surface area contributed by atoms with Gasteiger partial charge < -0.3 is 36.1 Å². The number of hydrogen-bond donors (Lipinski definition) is 6. The van der Waals surface area contributed by atoms with Crippen molar-refractivity contribution in [2.45, 2.75) is 12.8 Å².